The van der Waals surface area contributed by atoms with Gasteiger partial charge in [-0.3, -0.25) is 4.90 Å². The van der Waals surface area contributed by atoms with Crippen LogP contribution in [0, 0.1) is 5.92 Å². The van der Waals surface area contributed by atoms with Gasteiger partial charge in [0.25, 0.3) is 0 Å². The molecule has 0 spiro atoms. The van der Waals surface area contributed by atoms with E-state index in [9.17, 15) is 0 Å². The lowest BCUT2D eigenvalue weighted by molar-refractivity contribution is 0.161. The maximum absolute atomic E-state index is 3.71. The molecule has 1 N–H and O–H groups in total. The molecule has 4 atom stereocenters. The molecule has 1 saturated heterocycles. The van der Waals surface area contributed by atoms with Crippen molar-refractivity contribution in [2.24, 2.45) is 5.92 Å². The highest BCUT2D eigenvalue weighted by atomic mass is 15.2. The molecule has 0 bridgehead atoms. The predicted octanol–water partition coefficient (Wildman–Crippen LogP) is 4.02. The Morgan fingerprint density at radius 2 is 1.86 bits per heavy atom. The summed E-state index contributed by atoms with van der Waals surface area (Å²) in [5.41, 5.74) is 2.85. The van der Waals surface area contributed by atoms with E-state index in [4.69, 9.17) is 0 Å². The molecule has 21 heavy (non-hydrogen) atoms. The summed E-state index contributed by atoms with van der Waals surface area (Å²) >= 11 is 0. The van der Waals surface area contributed by atoms with Crippen molar-refractivity contribution in [3.8, 4) is 0 Å². The SMILES string of the molecule is CCNC(c1ccc(CC)cc1)C(C)N1CC(C)CC1C. The fourth-order valence-electron chi connectivity index (χ4n) is 3.84. The topological polar surface area (TPSA) is 15.3 Å². The maximum atomic E-state index is 3.71. The van der Waals surface area contributed by atoms with E-state index < -0.39 is 0 Å². The van der Waals surface area contributed by atoms with Crippen molar-refractivity contribution in [1.82, 2.24) is 10.2 Å². The monoisotopic (exact) mass is 288 g/mol. The quantitative estimate of drug-likeness (QED) is 0.850. The van der Waals surface area contributed by atoms with Crippen molar-refractivity contribution in [3.63, 3.8) is 0 Å². The van der Waals surface area contributed by atoms with Gasteiger partial charge in [0.15, 0.2) is 0 Å². The Morgan fingerprint density at radius 3 is 2.33 bits per heavy atom. The van der Waals surface area contributed by atoms with E-state index in [2.05, 4.69) is 69.1 Å². The van der Waals surface area contributed by atoms with Crippen LogP contribution in [0.25, 0.3) is 0 Å². The van der Waals surface area contributed by atoms with Crippen LogP contribution in [0.1, 0.15) is 58.2 Å². The second-order valence-electron chi connectivity index (χ2n) is 6.76. The number of rotatable bonds is 6. The molecule has 0 aliphatic carbocycles. The Bertz CT molecular complexity index is 426. The molecule has 1 heterocycles. The first-order valence-corrected chi connectivity index (χ1v) is 8.64. The van der Waals surface area contributed by atoms with Gasteiger partial charge in [-0.25, -0.2) is 0 Å². The third-order valence-corrected chi connectivity index (χ3v) is 5.01. The minimum atomic E-state index is 0.425. The van der Waals surface area contributed by atoms with E-state index in [1.54, 1.807) is 0 Å². The molecule has 0 amide bonds. The fourth-order valence-corrected chi connectivity index (χ4v) is 3.84. The Balaban J connectivity index is 2.16. The summed E-state index contributed by atoms with van der Waals surface area (Å²) in [4.78, 5) is 2.69. The van der Waals surface area contributed by atoms with E-state index in [1.165, 1.54) is 24.1 Å². The number of aryl methyl sites for hydroxylation is 1. The highest BCUT2D eigenvalue weighted by molar-refractivity contribution is 5.26. The normalized spacial score (nSPS) is 26.0. The van der Waals surface area contributed by atoms with Crippen LogP contribution in [-0.4, -0.2) is 30.1 Å². The van der Waals surface area contributed by atoms with Gasteiger partial charge in [0.1, 0.15) is 0 Å². The molecule has 1 aromatic rings. The Kier molecular flexibility index (Phi) is 5.83. The van der Waals surface area contributed by atoms with Crippen molar-refractivity contribution in [1.29, 1.82) is 0 Å². The number of nitrogens with zero attached hydrogens (tertiary/aromatic N) is 1. The highest BCUT2D eigenvalue weighted by Gasteiger charge is 2.33. The zero-order chi connectivity index (χ0) is 15.4. The van der Waals surface area contributed by atoms with Crippen LogP contribution >= 0.6 is 0 Å². The molecule has 1 aliphatic rings. The minimum absolute atomic E-state index is 0.425. The smallest absolute Gasteiger partial charge is 0.0475 e. The van der Waals surface area contributed by atoms with E-state index in [0.29, 0.717) is 18.1 Å². The van der Waals surface area contributed by atoms with Gasteiger partial charge in [-0.2, -0.15) is 0 Å². The molecular weight excluding hydrogens is 256 g/mol. The van der Waals surface area contributed by atoms with E-state index >= 15 is 0 Å². The van der Waals surface area contributed by atoms with Gasteiger partial charge in [0.05, 0.1) is 0 Å². The Hall–Kier alpha value is -0.860. The average Bonchev–Trinajstić information content (AvgIpc) is 2.83. The van der Waals surface area contributed by atoms with Crippen molar-refractivity contribution in [2.45, 2.75) is 65.6 Å². The number of hydrogen-bond acceptors (Lipinski definition) is 2. The summed E-state index contributed by atoms with van der Waals surface area (Å²) in [7, 11) is 0. The average molecular weight is 288 g/mol. The first kappa shape index (κ1) is 16.5. The minimum Gasteiger partial charge on any atom is -0.309 e. The Labute approximate surface area is 130 Å². The summed E-state index contributed by atoms with van der Waals surface area (Å²) in [5.74, 6) is 0.826. The summed E-state index contributed by atoms with van der Waals surface area (Å²) in [6.45, 7) is 13.8. The maximum Gasteiger partial charge on any atom is 0.0475 e. The summed E-state index contributed by atoms with van der Waals surface area (Å²) in [5, 5.41) is 3.71. The number of likely N-dealkylation sites (N-methyl/N-ethyl adjacent to an activating group) is 1. The number of nitrogens with one attached hydrogen (secondary N) is 1. The largest absolute Gasteiger partial charge is 0.309 e. The second-order valence-corrected chi connectivity index (χ2v) is 6.76. The standard InChI is InChI=1S/C19H32N2/c1-6-17-8-10-18(11-9-17)19(20-7-2)16(5)21-13-14(3)12-15(21)4/h8-11,14-16,19-20H,6-7,12-13H2,1-5H3. The first-order valence-electron chi connectivity index (χ1n) is 8.64. The molecule has 1 aromatic carbocycles. The van der Waals surface area contributed by atoms with E-state index in [1.807, 2.05) is 0 Å². The molecule has 4 unspecified atom stereocenters. The summed E-state index contributed by atoms with van der Waals surface area (Å²) in [6, 6.07) is 10.8. The fraction of sp³-hybridized carbons (Fsp3) is 0.684. The summed E-state index contributed by atoms with van der Waals surface area (Å²) in [6.07, 6.45) is 2.44. The van der Waals surface area contributed by atoms with Crippen LogP contribution < -0.4 is 5.32 Å². The van der Waals surface area contributed by atoms with Crippen LogP contribution in [0.5, 0.6) is 0 Å². The molecule has 0 saturated carbocycles. The van der Waals surface area contributed by atoms with Gasteiger partial charge in [-0.1, -0.05) is 45.0 Å². The zero-order valence-corrected chi connectivity index (χ0v) is 14.4. The van der Waals surface area contributed by atoms with Gasteiger partial charge in [-0.05, 0) is 50.3 Å². The molecular formula is C19H32N2. The molecule has 2 nitrogen and oxygen atoms in total. The van der Waals surface area contributed by atoms with Gasteiger partial charge in [-0.15, -0.1) is 0 Å². The van der Waals surface area contributed by atoms with Crippen molar-refractivity contribution >= 4 is 0 Å². The lowest BCUT2D eigenvalue weighted by Crippen LogP contribution is -2.44. The molecule has 1 fully saturated rings. The van der Waals surface area contributed by atoms with Crippen molar-refractivity contribution < 1.29 is 0 Å². The zero-order valence-electron chi connectivity index (χ0n) is 14.4. The van der Waals surface area contributed by atoms with Gasteiger partial charge >= 0.3 is 0 Å². The van der Waals surface area contributed by atoms with Crippen LogP contribution in [0.15, 0.2) is 24.3 Å². The van der Waals surface area contributed by atoms with Gasteiger partial charge < -0.3 is 5.32 Å². The third-order valence-electron chi connectivity index (χ3n) is 5.01. The van der Waals surface area contributed by atoms with Gasteiger partial charge in [0.2, 0.25) is 0 Å². The lowest BCUT2D eigenvalue weighted by atomic mass is 9.97. The van der Waals surface area contributed by atoms with Crippen LogP contribution in [-0.2, 0) is 6.42 Å². The van der Waals surface area contributed by atoms with E-state index in [0.717, 1.165) is 18.9 Å². The Morgan fingerprint density at radius 1 is 1.19 bits per heavy atom. The molecule has 0 radical (unpaired) electrons. The highest BCUT2D eigenvalue weighted by Crippen LogP contribution is 2.30. The molecule has 118 valence electrons. The predicted molar refractivity (Wildman–Crippen MR) is 91.6 cm³/mol. The van der Waals surface area contributed by atoms with Crippen LogP contribution in [0.4, 0.5) is 0 Å². The van der Waals surface area contributed by atoms with Crippen molar-refractivity contribution in [3.05, 3.63) is 35.4 Å². The first-order chi connectivity index (χ1) is 10.1. The van der Waals surface area contributed by atoms with Crippen molar-refractivity contribution in [2.75, 3.05) is 13.1 Å². The number of benzene rings is 1. The van der Waals surface area contributed by atoms with E-state index in [-0.39, 0.29) is 0 Å². The number of hydrogen-bond donors (Lipinski definition) is 1. The van der Waals surface area contributed by atoms with Gasteiger partial charge in [0, 0.05) is 24.7 Å². The summed E-state index contributed by atoms with van der Waals surface area (Å²) < 4.78 is 0. The third kappa shape index (κ3) is 3.87. The van der Waals surface area contributed by atoms with Crippen LogP contribution in [0.2, 0.25) is 0 Å². The lowest BCUT2D eigenvalue weighted by Gasteiger charge is -2.35. The van der Waals surface area contributed by atoms with Crippen LogP contribution in [0.3, 0.4) is 0 Å². The number of likely N-dealkylation sites (tertiary alicyclic amines) is 1. The molecule has 0 aromatic heterocycles. The molecule has 2 heteroatoms. The molecule has 1 aliphatic heterocycles. The second kappa shape index (κ2) is 7.42. The molecule has 2 rings (SSSR count).